The molecule has 0 saturated heterocycles. The quantitative estimate of drug-likeness (QED) is 0.830. The van der Waals surface area contributed by atoms with Crippen LogP contribution in [0, 0.1) is 0 Å². The van der Waals surface area contributed by atoms with E-state index < -0.39 is 6.10 Å². The van der Waals surface area contributed by atoms with Gasteiger partial charge in [0.2, 0.25) is 0 Å². The summed E-state index contributed by atoms with van der Waals surface area (Å²) in [6.07, 6.45) is 4.32. The summed E-state index contributed by atoms with van der Waals surface area (Å²) in [7, 11) is 0. The first-order chi connectivity index (χ1) is 12.7. The molecule has 1 unspecified atom stereocenters. The van der Waals surface area contributed by atoms with Crippen LogP contribution in [0.25, 0.3) is 0 Å². The Bertz CT molecular complexity index is 740. The van der Waals surface area contributed by atoms with Crippen LogP contribution in [0.15, 0.2) is 30.3 Å². The highest BCUT2D eigenvalue weighted by Crippen LogP contribution is 2.28. The zero-order valence-corrected chi connectivity index (χ0v) is 15.0. The van der Waals surface area contributed by atoms with Crippen molar-refractivity contribution in [3.63, 3.8) is 0 Å². The number of fused-ring (bicyclic) bond motifs is 1. The van der Waals surface area contributed by atoms with Gasteiger partial charge in [0.05, 0.1) is 30.6 Å². The first-order valence-electron chi connectivity index (χ1n) is 9.55. The molecule has 0 spiro atoms. The molecule has 1 aliphatic heterocycles. The first-order valence-corrected chi connectivity index (χ1v) is 9.55. The largest absolute Gasteiger partial charge is 0.490 e. The van der Waals surface area contributed by atoms with Crippen molar-refractivity contribution in [3.8, 4) is 5.75 Å². The monoisotopic (exact) mass is 357 g/mol. The number of benzene rings is 1. The summed E-state index contributed by atoms with van der Waals surface area (Å²) in [5.41, 5.74) is 2.85. The Labute approximate surface area is 154 Å². The van der Waals surface area contributed by atoms with Crippen LogP contribution in [-0.2, 0) is 19.6 Å². The lowest BCUT2D eigenvalue weighted by Crippen LogP contribution is -2.33. The molecule has 0 radical (unpaired) electrons. The lowest BCUT2D eigenvalue weighted by Gasteiger charge is -2.28. The second-order valence-corrected chi connectivity index (χ2v) is 7.32. The zero-order valence-electron chi connectivity index (χ0n) is 15.0. The standard InChI is InChI=1S/C20H27N3O3/c24-14-19(25)18-11-16-13-22(9-10-23(16)21-18)12-15-5-1-4-8-20(15)26-17-6-2-3-7-17/h1,4-5,8,11,17,19,24-25H,2-3,6-7,9-10,12-14H2. The fourth-order valence-electron chi connectivity index (χ4n) is 3.91. The third-order valence-electron chi connectivity index (χ3n) is 5.37. The number of hydrogen-bond donors (Lipinski definition) is 2. The summed E-state index contributed by atoms with van der Waals surface area (Å²) < 4.78 is 8.20. The molecule has 1 aromatic carbocycles. The molecule has 1 atom stereocenters. The number of hydrogen-bond acceptors (Lipinski definition) is 5. The fourth-order valence-corrected chi connectivity index (χ4v) is 3.91. The number of aromatic nitrogens is 2. The Morgan fingerprint density at radius 3 is 2.81 bits per heavy atom. The fraction of sp³-hybridized carbons (Fsp3) is 0.550. The van der Waals surface area contributed by atoms with Gasteiger partial charge in [0.25, 0.3) is 0 Å². The molecule has 2 aliphatic rings. The number of aliphatic hydroxyl groups excluding tert-OH is 2. The Morgan fingerprint density at radius 2 is 2.00 bits per heavy atom. The van der Waals surface area contributed by atoms with Crippen LogP contribution in [0.2, 0.25) is 0 Å². The summed E-state index contributed by atoms with van der Waals surface area (Å²) in [6, 6.07) is 10.2. The molecule has 1 fully saturated rings. The highest BCUT2D eigenvalue weighted by Gasteiger charge is 2.23. The molecule has 2 aromatic rings. The van der Waals surface area contributed by atoms with Gasteiger partial charge in [-0.2, -0.15) is 5.10 Å². The Hall–Kier alpha value is -1.89. The molecule has 2 N–H and O–H groups in total. The van der Waals surface area contributed by atoms with Crippen LogP contribution >= 0.6 is 0 Å². The number of ether oxygens (including phenoxy) is 1. The molecule has 6 heteroatoms. The lowest BCUT2D eigenvalue weighted by atomic mass is 10.1. The lowest BCUT2D eigenvalue weighted by molar-refractivity contribution is 0.0915. The van der Waals surface area contributed by atoms with Crippen molar-refractivity contribution in [2.24, 2.45) is 0 Å². The van der Waals surface area contributed by atoms with E-state index in [0.29, 0.717) is 11.8 Å². The minimum atomic E-state index is -0.901. The summed E-state index contributed by atoms with van der Waals surface area (Å²) in [5, 5.41) is 23.3. The summed E-state index contributed by atoms with van der Waals surface area (Å²) in [5.74, 6) is 1.01. The van der Waals surface area contributed by atoms with Crippen LogP contribution in [0.1, 0.15) is 48.7 Å². The molecule has 140 valence electrons. The molecule has 0 bridgehead atoms. The number of rotatable bonds is 6. The van der Waals surface area contributed by atoms with Gasteiger partial charge in [-0.15, -0.1) is 0 Å². The zero-order chi connectivity index (χ0) is 17.9. The van der Waals surface area contributed by atoms with E-state index in [0.717, 1.165) is 50.5 Å². The average molecular weight is 357 g/mol. The van der Waals surface area contributed by atoms with Gasteiger partial charge in [0, 0.05) is 25.2 Å². The molecular weight excluding hydrogens is 330 g/mol. The topological polar surface area (TPSA) is 70.8 Å². The van der Waals surface area contributed by atoms with Gasteiger partial charge in [-0.25, -0.2) is 0 Å². The molecule has 1 aliphatic carbocycles. The minimum absolute atomic E-state index is 0.300. The Kier molecular flexibility index (Phi) is 5.24. The van der Waals surface area contributed by atoms with Gasteiger partial charge in [-0.3, -0.25) is 9.58 Å². The summed E-state index contributed by atoms with van der Waals surface area (Å²) >= 11 is 0. The van der Waals surface area contributed by atoms with Crippen LogP contribution in [0.3, 0.4) is 0 Å². The van der Waals surface area contributed by atoms with E-state index in [1.165, 1.54) is 18.4 Å². The maximum Gasteiger partial charge on any atom is 0.124 e. The summed E-state index contributed by atoms with van der Waals surface area (Å²) in [6.45, 7) is 3.02. The predicted molar refractivity (Wildman–Crippen MR) is 97.7 cm³/mol. The van der Waals surface area contributed by atoms with Crippen molar-refractivity contribution < 1.29 is 14.9 Å². The Balaban J connectivity index is 1.44. The second kappa shape index (κ2) is 7.78. The third-order valence-corrected chi connectivity index (χ3v) is 5.37. The third kappa shape index (κ3) is 3.77. The van der Waals surface area contributed by atoms with Crippen LogP contribution < -0.4 is 4.74 Å². The van der Waals surface area contributed by atoms with Crippen LogP contribution in [0.4, 0.5) is 0 Å². The van der Waals surface area contributed by atoms with E-state index in [2.05, 4.69) is 28.2 Å². The van der Waals surface area contributed by atoms with Gasteiger partial charge in [-0.05, 0) is 37.8 Å². The molecule has 1 aromatic heterocycles. The molecule has 6 nitrogen and oxygen atoms in total. The number of nitrogens with zero attached hydrogens (tertiary/aromatic N) is 3. The van der Waals surface area contributed by atoms with Crippen molar-refractivity contribution in [3.05, 3.63) is 47.3 Å². The second-order valence-electron chi connectivity index (χ2n) is 7.32. The van der Waals surface area contributed by atoms with E-state index in [-0.39, 0.29) is 6.61 Å². The number of aliphatic hydroxyl groups is 2. The van der Waals surface area contributed by atoms with Crippen molar-refractivity contribution in [1.82, 2.24) is 14.7 Å². The molecule has 26 heavy (non-hydrogen) atoms. The Morgan fingerprint density at radius 1 is 1.19 bits per heavy atom. The van der Waals surface area contributed by atoms with E-state index in [4.69, 9.17) is 9.84 Å². The smallest absolute Gasteiger partial charge is 0.124 e. The van der Waals surface area contributed by atoms with Crippen molar-refractivity contribution in [2.75, 3.05) is 13.2 Å². The SMILES string of the molecule is OCC(O)c1cc2n(n1)CCN(Cc1ccccc1OC1CCCC1)C2. The van der Waals surface area contributed by atoms with Crippen molar-refractivity contribution >= 4 is 0 Å². The first kappa shape index (κ1) is 17.5. The van der Waals surface area contributed by atoms with Gasteiger partial charge in [0.15, 0.2) is 0 Å². The van der Waals surface area contributed by atoms with Crippen molar-refractivity contribution in [1.29, 1.82) is 0 Å². The van der Waals surface area contributed by atoms with Crippen LogP contribution in [-0.4, -0.2) is 44.1 Å². The van der Waals surface area contributed by atoms with Gasteiger partial charge in [-0.1, -0.05) is 18.2 Å². The predicted octanol–water partition coefficient (Wildman–Crippen LogP) is 2.25. The van der Waals surface area contributed by atoms with E-state index in [9.17, 15) is 5.11 Å². The number of para-hydroxylation sites is 1. The maximum absolute atomic E-state index is 9.80. The average Bonchev–Trinajstić information content (AvgIpc) is 3.32. The molecule has 4 rings (SSSR count). The molecule has 2 heterocycles. The van der Waals surface area contributed by atoms with E-state index in [1.54, 1.807) is 0 Å². The van der Waals surface area contributed by atoms with Crippen LogP contribution in [0.5, 0.6) is 5.75 Å². The molecule has 1 saturated carbocycles. The highest BCUT2D eigenvalue weighted by molar-refractivity contribution is 5.33. The highest BCUT2D eigenvalue weighted by atomic mass is 16.5. The van der Waals surface area contributed by atoms with Crippen molar-refractivity contribution in [2.45, 2.75) is 57.5 Å². The van der Waals surface area contributed by atoms with Gasteiger partial charge in [0.1, 0.15) is 11.9 Å². The normalized spacial score (nSPS) is 19.5. The van der Waals surface area contributed by atoms with Gasteiger partial charge < -0.3 is 14.9 Å². The molecular formula is C20H27N3O3. The maximum atomic E-state index is 9.80. The van der Waals surface area contributed by atoms with E-state index >= 15 is 0 Å². The molecule has 0 amide bonds. The van der Waals surface area contributed by atoms with E-state index in [1.807, 2.05) is 16.8 Å². The summed E-state index contributed by atoms with van der Waals surface area (Å²) in [4.78, 5) is 2.38. The van der Waals surface area contributed by atoms with Gasteiger partial charge >= 0.3 is 0 Å². The minimum Gasteiger partial charge on any atom is -0.490 e.